The Morgan fingerprint density at radius 2 is 1.94 bits per heavy atom. The van der Waals surface area contributed by atoms with Crippen LogP contribution in [0.1, 0.15) is 10.4 Å². The predicted molar refractivity (Wildman–Crippen MR) is 103 cm³/mol. The van der Waals surface area contributed by atoms with Crippen molar-refractivity contribution in [2.24, 2.45) is 0 Å². The second kappa shape index (κ2) is 8.79. The number of rotatable bonds is 7. The molecule has 1 atom stereocenters. The zero-order valence-electron chi connectivity index (χ0n) is 16.0. The van der Waals surface area contributed by atoms with Gasteiger partial charge in [0.05, 0.1) is 24.2 Å². The normalized spacial score (nSPS) is 13.4. The number of hydrogen-bond donors (Lipinski definition) is 1. The molecule has 0 bridgehead atoms. The van der Waals surface area contributed by atoms with Crippen LogP contribution in [-0.2, 0) is 11.3 Å². The van der Waals surface area contributed by atoms with Crippen molar-refractivity contribution >= 4 is 28.5 Å². The molecule has 1 amide bonds. The van der Waals surface area contributed by atoms with Crippen molar-refractivity contribution in [1.29, 1.82) is 5.26 Å². The number of carbonyl (C=O) groups excluding carboxylic acids is 1. The predicted octanol–water partition coefficient (Wildman–Crippen LogP) is 3.32. The molecule has 0 saturated heterocycles. The highest BCUT2D eigenvalue weighted by atomic mass is 35.5. The monoisotopic (exact) mass is 453 g/mol. The number of halogens is 4. The molecule has 3 rings (SSSR count). The fraction of sp³-hybridized carbons (Fsp3) is 0.263. The molecule has 0 saturated carbocycles. The van der Waals surface area contributed by atoms with Gasteiger partial charge in [-0.25, -0.2) is 0 Å². The van der Waals surface area contributed by atoms with Crippen molar-refractivity contribution in [3.8, 4) is 11.8 Å². The van der Waals surface area contributed by atoms with Crippen LogP contribution in [0.4, 0.5) is 13.2 Å². The summed E-state index contributed by atoms with van der Waals surface area (Å²) in [6, 6.07) is 11.3. The number of benzene rings is 2. The van der Waals surface area contributed by atoms with Crippen LogP contribution >= 0.6 is 11.6 Å². The number of ether oxygens (including phenoxy) is 2. The van der Waals surface area contributed by atoms with Crippen LogP contribution in [0, 0.1) is 11.3 Å². The van der Waals surface area contributed by atoms with Crippen molar-refractivity contribution in [2.75, 3.05) is 13.7 Å². The van der Waals surface area contributed by atoms with Crippen LogP contribution in [0.25, 0.3) is 11.0 Å². The van der Waals surface area contributed by atoms with Gasteiger partial charge in [0.15, 0.2) is 5.54 Å². The molecule has 8 nitrogen and oxygen atoms in total. The van der Waals surface area contributed by atoms with Crippen LogP contribution in [0.5, 0.6) is 5.75 Å². The summed E-state index contributed by atoms with van der Waals surface area (Å²) in [6.07, 6.45) is -4.85. The summed E-state index contributed by atoms with van der Waals surface area (Å²) in [5.74, 6) is -1.18. The molecule has 0 spiro atoms. The molecule has 0 aliphatic carbocycles. The summed E-state index contributed by atoms with van der Waals surface area (Å²) in [5, 5.41) is 21.2. The number of nitrogens with zero attached hydrogens (tertiary/aromatic N) is 4. The summed E-state index contributed by atoms with van der Waals surface area (Å²) in [4.78, 5) is 13.9. The number of alkyl halides is 3. The number of fused-ring (bicyclic) bond motifs is 1. The van der Waals surface area contributed by atoms with E-state index in [2.05, 4.69) is 20.3 Å². The summed E-state index contributed by atoms with van der Waals surface area (Å²) >= 11 is 6.10. The van der Waals surface area contributed by atoms with E-state index in [0.717, 1.165) is 24.3 Å². The van der Waals surface area contributed by atoms with Crippen molar-refractivity contribution in [2.45, 2.75) is 18.4 Å². The first-order valence-electron chi connectivity index (χ1n) is 8.72. The van der Waals surface area contributed by atoms with E-state index in [1.54, 1.807) is 18.2 Å². The summed E-state index contributed by atoms with van der Waals surface area (Å²) in [6.45, 7) is -0.362. The number of aromatic nitrogens is 3. The lowest BCUT2D eigenvalue weighted by Crippen LogP contribution is -2.54. The van der Waals surface area contributed by atoms with E-state index in [1.807, 2.05) is 6.07 Å². The van der Waals surface area contributed by atoms with E-state index >= 15 is 0 Å². The smallest absolute Gasteiger partial charge is 0.406 e. The van der Waals surface area contributed by atoms with E-state index in [4.69, 9.17) is 16.3 Å². The number of carbonyl (C=O) groups is 1. The second-order valence-electron chi connectivity index (χ2n) is 6.49. The highest BCUT2D eigenvalue weighted by Gasteiger charge is 2.35. The van der Waals surface area contributed by atoms with Gasteiger partial charge in [0.25, 0.3) is 5.91 Å². The van der Waals surface area contributed by atoms with E-state index in [-0.39, 0.29) is 18.7 Å². The Morgan fingerprint density at radius 1 is 1.23 bits per heavy atom. The molecule has 0 aliphatic rings. The van der Waals surface area contributed by atoms with Crippen molar-refractivity contribution in [3.05, 3.63) is 53.1 Å². The van der Waals surface area contributed by atoms with E-state index in [0.29, 0.717) is 16.1 Å². The Balaban J connectivity index is 1.82. The molecule has 1 aromatic heterocycles. The molecular weight excluding hydrogens is 439 g/mol. The number of nitrogens with one attached hydrogen (secondary N) is 1. The Bertz CT molecular complexity index is 1130. The van der Waals surface area contributed by atoms with Crippen molar-refractivity contribution < 1.29 is 27.4 Å². The molecule has 2 aromatic carbocycles. The molecule has 0 fully saturated rings. The summed E-state index contributed by atoms with van der Waals surface area (Å²) < 4.78 is 45.7. The molecule has 1 heterocycles. The quantitative estimate of drug-likeness (QED) is 0.588. The van der Waals surface area contributed by atoms with E-state index < -0.39 is 23.6 Å². The Kier molecular flexibility index (Phi) is 6.33. The Morgan fingerprint density at radius 3 is 2.52 bits per heavy atom. The fourth-order valence-corrected chi connectivity index (χ4v) is 3.03. The minimum atomic E-state index is -4.85. The van der Waals surface area contributed by atoms with Gasteiger partial charge in [-0.05, 0) is 36.4 Å². The van der Waals surface area contributed by atoms with Gasteiger partial charge < -0.3 is 14.8 Å². The zero-order chi connectivity index (χ0) is 22.6. The standard InChI is InChI=1S/C19H15ClF3N5O3/c1-30-11-18(9-24,10-28-26-15-4-2-3-14(20)16(15)27-28)25-17(29)12-5-7-13(8-6-12)31-19(21,22)23/h2-8H,10-11H2,1H3,(H,25,29)/t18-/m1/s1. The van der Waals surface area contributed by atoms with Gasteiger partial charge in [-0.15, -0.1) is 13.2 Å². The van der Waals surface area contributed by atoms with Crippen molar-refractivity contribution in [1.82, 2.24) is 20.3 Å². The van der Waals surface area contributed by atoms with Gasteiger partial charge >= 0.3 is 6.36 Å². The maximum atomic E-state index is 12.7. The molecular formula is C19H15ClF3N5O3. The van der Waals surface area contributed by atoms with Crippen LogP contribution in [-0.4, -0.2) is 46.5 Å². The minimum Gasteiger partial charge on any atom is -0.406 e. The fourth-order valence-electron chi connectivity index (χ4n) is 2.82. The van der Waals surface area contributed by atoms with Crippen LogP contribution < -0.4 is 10.1 Å². The van der Waals surface area contributed by atoms with Crippen molar-refractivity contribution in [3.63, 3.8) is 0 Å². The maximum absolute atomic E-state index is 12.7. The summed E-state index contributed by atoms with van der Waals surface area (Å²) in [5.41, 5.74) is -0.607. The second-order valence-corrected chi connectivity index (χ2v) is 6.90. The highest BCUT2D eigenvalue weighted by molar-refractivity contribution is 6.34. The van der Waals surface area contributed by atoms with Gasteiger partial charge in [-0.3, -0.25) is 4.79 Å². The molecule has 0 radical (unpaired) electrons. The maximum Gasteiger partial charge on any atom is 0.573 e. The van der Waals surface area contributed by atoms with Gasteiger partial charge in [0.2, 0.25) is 0 Å². The Hall–Kier alpha value is -3.36. The number of amides is 1. The first-order chi connectivity index (χ1) is 14.6. The first-order valence-corrected chi connectivity index (χ1v) is 9.10. The average Bonchev–Trinajstić information content (AvgIpc) is 3.11. The van der Waals surface area contributed by atoms with Crippen LogP contribution in [0.2, 0.25) is 5.02 Å². The number of nitriles is 1. The van der Waals surface area contributed by atoms with Gasteiger partial charge in [0.1, 0.15) is 16.8 Å². The lowest BCUT2D eigenvalue weighted by atomic mass is 10.0. The highest BCUT2D eigenvalue weighted by Crippen LogP contribution is 2.23. The van der Waals surface area contributed by atoms with E-state index in [1.165, 1.54) is 11.9 Å². The number of methoxy groups -OCH3 is 1. The molecule has 0 aliphatic heterocycles. The molecule has 162 valence electrons. The lowest BCUT2D eigenvalue weighted by Gasteiger charge is -2.26. The lowest BCUT2D eigenvalue weighted by molar-refractivity contribution is -0.274. The van der Waals surface area contributed by atoms with Gasteiger partial charge in [-0.1, -0.05) is 17.7 Å². The third-order valence-electron chi connectivity index (χ3n) is 4.12. The molecule has 3 aromatic rings. The summed E-state index contributed by atoms with van der Waals surface area (Å²) in [7, 11) is 1.35. The van der Waals surface area contributed by atoms with Crippen LogP contribution in [0.15, 0.2) is 42.5 Å². The molecule has 0 unspecified atom stereocenters. The third-order valence-corrected chi connectivity index (χ3v) is 4.43. The average molecular weight is 454 g/mol. The molecule has 1 N–H and O–H groups in total. The first kappa shape index (κ1) is 22.3. The van der Waals surface area contributed by atoms with E-state index in [9.17, 15) is 23.2 Å². The number of hydrogen-bond acceptors (Lipinski definition) is 6. The molecule has 31 heavy (non-hydrogen) atoms. The molecule has 12 heteroatoms. The SMILES string of the molecule is COC[C@@](C#N)(Cn1nc2cccc(Cl)c2n1)NC(=O)c1ccc(OC(F)(F)F)cc1. The van der Waals surface area contributed by atoms with Gasteiger partial charge in [0, 0.05) is 12.7 Å². The van der Waals surface area contributed by atoms with Crippen LogP contribution in [0.3, 0.4) is 0 Å². The largest absolute Gasteiger partial charge is 0.573 e. The van der Waals surface area contributed by atoms with Gasteiger partial charge in [-0.2, -0.15) is 20.3 Å². The topological polar surface area (TPSA) is 102 Å². The minimum absolute atomic E-state index is 0.0203. The Labute approximate surface area is 179 Å². The third kappa shape index (κ3) is 5.42. The zero-order valence-corrected chi connectivity index (χ0v) is 16.7.